The van der Waals surface area contributed by atoms with Crippen molar-refractivity contribution in [1.29, 1.82) is 0 Å². The number of thiazole rings is 1. The predicted molar refractivity (Wildman–Crippen MR) is 145 cm³/mol. The van der Waals surface area contributed by atoms with Gasteiger partial charge in [0.25, 0.3) is 5.56 Å². The standard InChI is InChI=1S/C28H31N3O5S/c1-6-30(7-2)19-14-13-18(21(32)16-19)15-23-26(33)31-25(20-11-9-10-12-22(20)35-5)24(27(34)36-8-3)17(4)29-28(31)37-23/h9-16,25,32H,6-8H2,1-5H3/b23-15-/t25-/m0/s1. The number of carbonyl (C=O) groups excluding carboxylic acids is 1. The Morgan fingerprint density at radius 1 is 1.19 bits per heavy atom. The molecule has 3 aromatic rings. The van der Waals surface area contributed by atoms with E-state index in [9.17, 15) is 14.7 Å². The SMILES string of the molecule is CCOC(=O)C1=C(C)N=c2s/c(=C\c3ccc(N(CC)CC)cc3O)c(=O)n2[C@H]1c1ccccc1OC. The van der Waals surface area contributed by atoms with Crippen LogP contribution in [0.3, 0.4) is 0 Å². The predicted octanol–water partition coefficient (Wildman–Crippen LogP) is 3.36. The van der Waals surface area contributed by atoms with Crippen molar-refractivity contribution >= 4 is 29.1 Å². The van der Waals surface area contributed by atoms with Crippen LogP contribution < -0.4 is 24.5 Å². The van der Waals surface area contributed by atoms with E-state index in [0.717, 1.165) is 18.8 Å². The molecule has 1 aliphatic heterocycles. The molecule has 1 aliphatic rings. The summed E-state index contributed by atoms with van der Waals surface area (Å²) in [4.78, 5) is 34.0. The zero-order valence-electron chi connectivity index (χ0n) is 21.6. The highest BCUT2D eigenvalue weighted by Crippen LogP contribution is 2.35. The summed E-state index contributed by atoms with van der Waals surface area (Å²) in [7, 11) is 1.55. The number of methoxy groups -OCH3 is 1. The Morgan fingerprint density at radius 2 is 1.92 bits per heavy atom. The first kappa shape index (κ1) is 26.2. The number of aromatic hydroxyl groups is 1. The normalized spacial score (nSPS) is 15.3. The summed E-state index contributed by atoms with van der Waals surface area (Å²) >= 11 is 1.21. The quantitative estimate of drug-likeness (QED) is 0.457. The highest BCUT2D eigenvalue weighted by Gasteiger charge is 2.34. The number of phenolic OH excluding ortho intramolecular Hbond substituents is 1. The maximum atomic E-state index is 13.8. The number of aromatic nitrogens is 1. The Labute approximate surface area is 219 Å². The summed E-state index contributed by atoms with van der Waals surface area (Å²) in [6.07, 6.45) is 1.66. The van der Waals surface area contributed by atoms with Gasteiger partial charge in [-0.2, -0.15) is 0 Å². The zero-order chi connectivity index (χ0) is 26.7. The first-order chi connectivity index (χ1) is 17.8. The summed E-state index contributed by atoms with van der Waals surface area (Å²) in [5.41, 5.74) is 2.54. The van der Waals surface area contributed by atoms with Crippen LogP contribution in [0.2, 0.25) is 0 Å². The largest absolute Gasteiger partial charge is 0.507 e. The van der Waals surface area contributed by atoms with Gasteiger partial charge in [-0.25, -0.2) is 9.79 Å². The maximum absolute atomic E-state index is 13.8. The second-order valence-electron chi connectivity index (χ2n) is 8.46. The number of fused-ring (bicyclic) bond motifs is 1. The average Bonchev–Trinajstić information content (AvgIpc) is 3.19. The molecule has 37 heavy (non-hydrogen) atoms. The van der Waals surface area contributed by atoms with E-state index < -0.39 is 12.0 Å². The lowest BCUT2D eigenvalue weighted by Gasteiger charge is -2.25. The van der Waals surface area contributed by atoms with Gasteiger partial charge in [-0.05, 0) is 52.0 Å². The molecule has 0 saturated heterocycles. The Hall–Kier alpha value is -3.85. The molecule has 1 N–H and O–H groups in total. The molecule has 2 heterocycles. The second kappa shape index (κ2) is 11.0. The van der Waals surface area contributed by atoms with E-state index in [0.29, 0.717) is 31.9 Å². The lowest BCUT2D eigenvalue weighted by atomic mass is 9.95. The Balaban J connectivity index is 1.92. The van der Waals surface area contributed by atoms with Gasteiger partial charge in [-0.3, -0.25) is 9.36 Å². The number of carbonyl (C=O) groups is 1. The van der Waals surface area contributed by atoms with E-state index in [-0.39, 0.29) is 23.5 Å². The molecule has 2 aromatic carbocycles. The molecule has 0 unspecified atom stereocenters. The summed E-state index contributed by atoms with van der Waals surface area (Å²) in [6.45, 7) is 9.42. The number of ether oxygens (including phenoxy) is 2. The van der Waals surface area contributed by atoms with Crippen molar-refractivity contribution in [3.8, 4) is 11.5 Å². The van der Waals surface area contributed by atoms with Crippen LogP contribution in [0.1, 0.15) is 44.9 Å². The summed E-state index contributed by atoms with van der Waals surface area (Å²) in [5, 5.41) is 10.7. The van der Waals surface area contributed by atoms with Gasteiger partial charge in [0.1, 0.15) is 17.5 Å². The fourth-order valence-corrected chi connectivity index (χ4v) is 5.60. The number of phenols is 1. The fourth-order valence-electron chi connectivity index (χ4n) is 4.56. The van der Waals surface area contributed by atoms with Crippen LogP contribution in [-0.2, 0) is 9.53 Å². The van der Waals surface area contributed by atoms with Crippen molar-refractivity contribution in [1.82, 2.24) is 4.57 Å². The van der Waals surface area contributed by atoms with Crippen LogP contribution in [0, 0.1) is 0 Å². The van der Waals surface area contributed by atoms with Crippen LogP contribution >= 0.6 is 11.3 Å². The van der Waals surface area contributed by atoms with Crippen LogP contribution in [0.25, 0.3) is 6.08 Å². The van der Waals surface area contributed by atoms with Gasteiger partial charge < -0.3 is 19.5 Å². The van der Waals surface area contributed by atoms with Gasteiger partial charge in [-0.15, -0.1) is 0 Å². The van der Waals surface area contributed by atoms with Gasteiger partial charge in [-0.1, -0.05) is 29.5 Å². The van der Waals surface area contributed by atoms with Crippen molar-refractivity contribution < 1.29 is 19.4 Å². The molecule has 9 heteroatoms. The minimum Gasteiger partial charge on any atom is -0.507 e. The third kappa shape index (κ3) is 4.91. The van der Waals surface area contributed by atoms with Gasteiger partial charge >= 0.3 is 5.97 Å². The Bertz CT molecular complexity index is 1530. The number of hydrogen-bond acceptors (Lipinski definition) is 8. The van der Waals surface area contributed by atoms with E-state index in [1.54, 1.807) is 45.2 Å². The highest BCUT2D eigenvalue weighted by atomic mass is 32.1. The zero-order valence-corrected chi connectivity index (χ0v) is 22.5. The monoisotopic (exact) mass is 521 g/mol. The number of benzene rings is 2. The second-order valence-corrected chi connectivity index (χ2v) is 9.47. The third-order valence-electron chi connectivity index (χ3n) is 6.38. The lowest BCUT2D eigenvalue weighted by molar-refractivity contribution is -0.139. The minimum absolute atomic E-state index is 0.0832. The first-order valence-electron chi connectivity index (χ1n) is 12.2. The molecule has 4 rings (SSSR count). The smallest absolute Gasteiger partial charge is 0.338 e. The molecule has 194 valence electrons. The molecule has 0 bridgehead atoms. The van der Waals surface area contributed by atoms with E-state index in [2.05, 4.69) is 23.7 Å². The highest BCUT2D eigenvalue weighted by molar-refractivity contribution is 7.07. The number of esters is 1. The van der Waals surface area contributed by atoms with E-state index in [4.69, 9.17) is 9.47 Å². The average molecular weight is 522 g/mol. The summed E-state index contributed by atoms with van der Waals surface area (Å²) in [5.74, 6) is 0.0988. The van der Waals surface area contributed by atoms with Crippen molar-refractivity contribution in [3.05, 3.63) is 84.5 Å². The molecule has 8 nitrogen and oxygen atoms in total. The van der Waals surface area contributed by atoms with Crippen molar-refractivity contribution in [2.24, 2.45) is 4.99 Å². The molecule has 0 spiro atoms. The molecule has 0 aliphatic carbocycles. The summed E-state index contributed by atoms with van der Waals surface area (Å²) in [6, 6.07) is 11.9. The van der Waals surface area contributed by atoms with Crippen molar-refractivity contribution in [2.45, 2.75) is 33.7 Å². The number of allylic oxidation sites excluding steroid dienone is 1. The molecule has 0 amide bonds. The molecule has 0 saturated carbocycles. The maximum Gasteiger partial charge on any atom is 0.338 e. The van der Waals surface area contributed by atoms with Gasteiger partial charge in [0.15, 0.2) is 4.80 Å². The number of hydrogen-bond donors (Lipinski definition) is 1. The molecule has 1 aromatic heterocycles. The van der Waals surface area contributed by atoms with Crippen LogP contribution in [0.15, 0.2) is 63.5 Å². The molecule has 0 radical (unpaired) electrons. The van der Waals surface area contributed by atoms with Crippen molar-refractivity contribution in [2.75, 3.05) is 31.7 Å². The summed E-state index contributed by atoms with van der Waals surface area (Å²) < 4.78 is 12.8. The third-order valence-corrected chi connectivity index (χ3v) is 7.36. The molecular weight excluding hydrogens is 490 g/mol. The molecule has 1 atom stereocenters. The lowest BCUT2D eigenvalue weighted by Crippen LogP contribution is -2.40. The Morgan fingerprint density at radius 3 is 2.57 bits per heavy atom. The van der Waals surface area contributed by atoms with Gasteiger partial charge in [0.05, 0.1) is 29.5 Å². The number of rotatable bonds is 8. The van der Waals surface area contributed by atoms with E-state index >= 15 is 0 Å². The first-order valence-corrected chi connectivity index (χ1v) is 13.1. The van der Waals surface area contributed by atoms with Gasteiger partial charge in [0.2, 0.25) is 0 Å². The van der Waals surface area contributed by atoms with Crippen LogP contribution in [0.5, 0.6) is 11.5 Å². The van der Waals surface area contributed by atoms with Crippen LogP contribution in [-0.4, -0.2) is 42.4 Å². The van der Waals surface area contributed by atoms with Crippen molar-refractivity contribution in [3.63, 3.8) is 0 Å². The van der Waals surface area contributed by atoms with E-state index in [1.165, 1.54) is 15.9 Å². The topological polar surface area (TPSA) is 93.4 Å². The molecular formula is C28H31N3O5S. The molecule has 0 fully saturated rings. The minimum atomic E-state index is -0.771. The fraction of sp³-hybridized carbons (Fsp3) is 0.321. The van der Waals surface area contributed by atoms with Gasteiger partial charge in [0, 0.05) is 36.0 Å². The van der Waals surface area contributed by atoms with E-state index in [1.807, 2.05) is 24.3 Å². The Kier molecular flexibility index (Phi) is 7.83. The number of anilines is 1. The van der Waals surface area contributed by atoms with Crippen LogP contribution in [0.4, 0.5) is 5.69 Å². The number of para-hydroxylation sites is 1. The number of nitrogens with zero attached hydrogens (tertiary/aromatic N) is 3.